The molecule has 34 heavy (non-hydrogen) atoms. The number of halogens is 3. The molecule has 2 aliphatic heterocycles. The van der Waals surface area contributed by atoms with Crippen molar-refractivity contribution in [2.45, 2.75) is 25.8 Å². The van der Waals surface area contributed by atoms with E-state index in [1.54, 1.807) is 24.3 Å². The SMILES string of the molecule is CC1CCN(c2ccc(C3=NC(Cc4ccc(Cl)cc4Cl)C(=O)Nc4ccc(Cl)cc43)cn2)C1. The lowest BCUT2D eigenvalue weighted by atomic mass is 10.0. The fourth-order valence-electron chi connectivity index (χ4n) is 4.44. The van der Waals surface area contributed by atoms with Crippen molar-refractivity contribution in [1.82, 2.24) is 4.98 Å². The van der Waals surface area contributed by atoms with Gasteiger partial charge in [0.05, 0.1) is 11.4 Å². The van der Waals surface area contributed by atoms with Gasteiger partial charge in [-0.3, -0.25) is 9.79 Å². The van der Waals surface area contributed by atoms with E-state index in [4.69, 9.17) is 44.8 Å². The van der Waals surface area contributed by atoms with E-state index in [0.29, 0.717) is 38.8 Å². The van der Waals surface area contributed by atoms with Gasteiger partial charge in [-0.25, -0.2) is 4.98 Å². The number of hydrogen-bond acceptors (Lipinski definition) is 4. The maximum absolute atomic E-state index is 13.1. The van der Waals surface area contributed by atoms with Gasteiger partial charge in [0, 0.05) is 51.9 Å². The van der Waals surface area contributed by atoms with Crippen LogP contribution in [0.4, 0.5) is 11.5 Å². The Morgan fingerprint density at radius 1 is 1.06 bits per heavy atom. The van der Waals surface area contributed by atoms with Crippen LogP contribution < -0.4 is 10.2 Å². The molecule has 3 aromatic rings. The van der Waals surface area contributed by atoms with Crippen LogP contribution >= 0.6 is 34.8 Å². The van der Waals surface area contributed by atoms with E-state index in [9.17, 15) is 4.79 Å². The summed E-state index contributed by atoms with van der Waals surface area (Å²) in [5.74, 6) is 1.41. The van der Waals surface area contributed by atoms with Gasteiger partial charge in [-0.05, 0) is 60.4 Å². The van der Waals surface area contributed by atoms with Gasteiger partial charge in [0.1, 0.15) is 11.9 Å². The van der Waals surface area contributed by atoms with Gasteiger partial charge in [0.15, 0.2) is 0 Å². The van der Waals surface area contributed by atoms with Gasteiger partial charge < -0.3 is 10.2 Å². The molecule has 3 heterocycles. The third kappa shape index (κ3) is 4.78. The average Bonchev–Trinajstić information content (AvgIpc) is 3.20. The minimum atomic E-state index is -0.682. The second-order valence-corrected chi connectivity index (χ2v) is 10.1. The van der Waals surface area contributed by atoms with Crippen LogP contribution in [0.3, 0.4) is 0 Å². The van der Waals surface area contributed by atoms with Gasteiger partial charge in [-0.2, -0.15) is 0 Å². The van der Waals surface area contributed by atoms with Gasteiger partial charge in [0.2, 0.25) is 5.91 Å². The largest absolute Gasteiger partial charge is 0.356 e. The summed E-state index contributed by atoms with van der Waals surface area (Å²) in [6.45, 7) is 4.27. The second-order valence-electron chi connectivity index (χ2n) is 8.86. The summed E-state index contributed by atoms with van der Waals surface area (Å²) in [4.78, 5) is 25.1. The van der Waals surface area contributed by atoms with E-state index in [1.807, 2.05) is 30.5 Å². The predicted octanol–water partition coefficient (Wildman–Crippen LogP) is 6.29. The molecule has 1 aromatic heterocycles. The van der Waals surface area contributed by atoms with Crippen molar-refractivity contribution in [3.63, 3.8) is 0 Å². The zero-order valence-corrected chi connectivity index (χ0v) is 20.8. The molecule has 5 nitrogen and oxygen atoms in total. The number of aromatic nitrogens is 1. The summed E-state index contributed by atoms with van der Waals surface area (Å²) in [5, 5.41) is 4.62. The summed E-state index contributed by atoms with van der Waals surface area (Å²) in [5.41, 5.74) is 3.71. The highest BCUT2D eigenvalue weighted by molar-refractivity contribution is 6.35. The molecule has 2 aliphatic rings. The van der Waals surface area contributed by atoms with Crippen LogP contribution in [0.15, 0.2) is 59.7 Å². The van der Waals surface area contributed by atoms with Crippen LogP contribution in [0, 0.1) is 5.92 Å². The van der Waals surface area contributed by atoms with Crippen molar-refractivity contribution < 1.29 is 4.79 Å². The first-order valence-corrected chi connectivity index (χ1v) is 12.3. The number of benzodiazepines with no additional fused rings is 1. The minimum absolute atomic E-state index is 0.208. The van der Waals surface area contributed by atoms with E-state index in [1.165, 1.54) is 6.42 Å². The normalized spacial score (nSPS) is 19.9. The molecule has 1 N–H and O–H groups in total. The van der Waals surface area contributed by atoms with E-state index in [2.05, 4.69) is 17.1 Å². The number of fused-ring (bicyclic) bond motifs is 1. The van der Waals surface area contributed by atoms with Crippen LogP contribution in [-0.2, 0) is 11.2 Å². The summed E-state index contributed by atoms with van der Waals surface area (Å²) in [6, 6.07) is 14.0. The second kappa shape index (κ2) is 9.57. The maximum atomic E-state index is 13.1. The van der Waals surface area contributed by atoms with E-state index in [0.717, 1.165) is 35.6 Å². The van der Waals surface area contributed by atoms with Crippen molar-refractivity contribution in [2.75, 3.05) is 23.3 Å². The highest BCUT2D eigenvalue weighted by Gasteiger charge is 2.27. The fraction of sp³-hybridized carbons (Fsp3) is 0.269. The molecule has 2 aromatic carbocycles. The number of benzene rings is 2. The topological polar surface area (TPSA) is 57.6 Å². The number of rotatable bonds is 4. The Morgan fingerprint density at radius 2 is 1.85 bits per heavy atom. The Labute approximate surface area is 213 Å². The lowest BCUT2D eigenvalue weighted by molar-refractivity contribution is -0.117. The van der Waals surface area contributed by atoms with Gasteiger partial charge in [-0.15, -0.1) is 0 Å². The lowest BCUT2D eigenvalue weighted by Crippen LogP contribution is -2.27. The molecule has 8 heteroatoms. The number of carbonyl (C=O) groups is 1. The molecule has 1 amide bonds. The zero-order chi connectivity index (χ0) is 23.8. The Kier molecular flexibility index (Phi) is 6.52. The van der Waals surface area contributed by atoms with Crippen LogP contribution in [0.25, 0.3) is 0 Å². The van der Waals surface area contributed by atoms with Gasteiger partial charge >= 0.3 is 0 Å². The summed E-state index contributed by atoms with van der Waals surface area (Å²) < 4.78 is 0. The van der Waals surface area contributed by atoms with Crippen LogP contribution in [0.1, 0.15) is 30.0 Å². The fourth-order valence-corrected chi connectivity index (χ4v) is 5.10. The van der Waals surface area contributed by atoms with Crippen molar-refractivity contribution in [2.24, 2.45) is 10.9 Å². The molecule has 1 fully saturated rings. The van der Waals surface area contributed by atoms with Crippen molar-refractivity contribution in [1.29, 1.82) is 0 Å². The number of carbonyl (C=O) groups excluding carboxylic acids is 1. The molecule has 174 valence electrons. The van der Waals surface area contributed by atoms with Crippen molar-refractivity contribution in [3.8, 4) is 0 Å². The first kappa shape index (κ1) is 23.2. The van der Waals surface area contributed by atoms with Gasteiger partial charge in [0.25, 0.3) is 0 Å². The Balaban J connectivity index is 1.54. The summed E-state index contributed by atoms with van der Waals surface area (Å²) in [6.07, 6.45) is 3.33. The monoisotopic (exact) mass is 512 g/mol. The van der Waals surface area contributed by atoms with Crippen molar-refractivity contribution in [3.05, 3.63) is 86.5 Å². The number of aliphatic imine (C=N–C) groups is 1. The third-order valence-electron chi connectivity index (χ3n) is 6.28. The number of hydrogen-bond donors (Lipinski definition) is 1. The Hall–Kier alpha value is -2.60. The molecular formula is C26H23Cl3N4O. The number of nitrogens with one attached hydrogen (secondary N) is 1. The number of nitrogens with zero attached hydrogens (tertiary/aromatic N) is 3. The molecule has 0 radical (unpaired) electrons. The minimum Gasteiger partial charge on any atom is -0.356 e. The number of pyridine rings is 1. The third-order valence-corrected chi connectivity index (χ3v) is 7.10. The van der Waals surface area contributed by atoms with Crippen LogP contribution in [0.5, 0.6) is 0 Å². The molecule has 0 saturated carbocycles. The highest BCUT2D eigenvalue weighted by atomic mass is 35.5. The molecule has 0 spiro atoms. The number of amides is 1. The number of anilines is 2. The molecule has 1 saturated heterocycles. The van der Waals surface area contributed by atoms with Crippen LogP contribution in [0.2, 0.25) is 15.1 Å². The van der Waals surface area contributed by atoms with E-state index >= 15 is 0 Å². The highest BCUT2D eigenvalue weighted by Crippen LogP contribution is 2.30. The molecule has 0 bridgehead atoms. The standard InChI is InChI=1S/C26H23Cl3N4O/c1-15-8-9-33(14-15)24-7-3-17(13-30-24)25-20-11-18(27)5-6-22(20)32-26(34)23(31-25)10-16-2-4-19(28)12-21(16)29/h2-7,11-13,15,23H,8-10,14H2,1H3,(H,32,34). The summed E-state index contributed by atoms with van der Waals surface area (Å²) >= 11 is 18.8. The van der Waals surface area contributed by atoms with E-state index in [-0.39, 0.29) is 5.91 Å². The first-order valence-electron chi connectivity index (χ1n) is 11.2. The average molecular weight is 514 g/mol. The molecule has 5 rings (SSSR count). The van der Waals surface area contributed by atoms with Crippen LogP contribution in [-0.4, -0.2) is 35.7 Å². The van der Waals surface area contributed by atoms with Crippen molar-refractivity contribution >= 4 is 57.9 Å². The smallest absolute Gasteiger partial charge is 0.249 e. The predicted molar refractivity (Wildman–Crippen MR) is 140 cm³/mol. The molecule has 2 unspecified atom stereocenters. The first-order chi connectivity index (χ1) is 16.4. The lowest BCUT2D eigenvalue weighted by Gasteiger charge is -2.17. The molecular weight excluding hydrogens is 491 g/mol. The molecule has 0 aliphatic carbocycles. The summed E-state index contributed by atoms with van der Waals surface area (Å²) in [7, 11) is 0. The Morgan fingerprint density at radius 3 is 2.56 bits per heavy atom. The Bertz CT molecular complexity index is 1280. The van der Waals surface area contributed by atoms with Gasteiger partial charge in [-0.1, -0.05) is 47.8 Å². The zero-order valence-electron chi connectivity index (χ0n) is 18.6. The quantitative estimate of drug-likeness (QED) is 0.446. The maximum Gasteiger partial charge on any atom is 0.249 e. The molecule has 2 atom stereocenters. The van der Waals surface area contributed by atoms with E-state index < -0.39 is 6.04 Å².